The molecule has 0 saturated carbocycles. The minimum Gasteiger partial charge on any atom is -0.496 e. The highest BCUT2D eigenvalue weighted by atomic mass is 16.5. The molecule has 2 heterocycles. The molecule has 2 aromatic heterocycles. The van der Waals surface area contributed by atoms with Crippen molar-refractivity contribution in [3.05, 3.63) is 72.2 Å². The Morgan fingerprint density at radius 2 is 1.69 bits per heavy atom. The van der Waals surface area contributed by atoms with Crippen LogP contribution in [0.4, 0.5) is 5.95 Å². The molecule has 3 N–H and O–H groups in total. The van der Waals surface area contributed by atoms with E-state index in [0.29, 0.717) is 5.92 Å². The zero-order valence-corrected chi connectivity index (χ0v) is 17.2. The number of nitrogens with zero attached hydrogens (tertiary/aromatic N) is 2. The molecule has 4 rings (SSSR count). The zero-order chi connectivity index (χ0) is 20.6. The number of hydrogen-bond donors (Lipinski definition) is 2. The van der Waals surface area contributed by atoms with E-state index in [2.05, 4.69) is 72.3 Å². The number of methoxy groups -OCH3 is 1. The largest absolute Gasteiger partial charge is 0.496 e. The first-order chi connectivity index (χ1) is 13.9. The van der Waals surface area contributed by atoms with Crippen LogP contribution in [-0.4, -0.2) is 22.1 Å². The van der Waals surface area contributed by atoms with E-state index in [1.807, 2.05) is 12.1 Å². The molecule has 0 radical (unpaired) electrons. The van der Waals surface area contributed by atoms with E-state index in [4.69, 9.17) is 10.5 Å². The van der Waals surface area contributed by atoms with Gasteiger partial charge in [0.25, 0.3) is 0 Å². The van der Waals surface area contributed by atoms with Gasteiger partial charge in [-0.15, -0.1) is 0 Å². The summed E-state index contributed by atoms with van der Waals surface area (Å²) in [5.41, 5.74) is 11.0. The highest BCUT2D eigenvalue weighted by Gasteiger charge is 2.35. The predicted molar refractivity (Wildman–Crippen MR) is 118 cm³/mol. The van der Waals surface area contributed by atoms with Crippen molar-refractivity contribution in [2.45, 2.75) is 26.2 Å². The van der Waals surface area contributed by atoms with E-state index >= 15 is 0 Å². The van der Waals surface area contributed by atoms with Gasteiger partial charge in [-0.3, -0.25) is 0 Å². The molecule has 148 valence electrons. The number of anilines is 1. The molecule has 0 aliphatic heterocycles. The van der Waals surface area contributed by atoms with E-state index in [0.717, 1.165) is 27.8 Å². The summed E-state index contributed by atoms with van der Waals surface area (Å²) in [6.07, 6.45) is 5.63. The van der Waals surface area contributed by atoms with E-state index in [1.54, 1.807) is 19.5 Å². The monoisotopic (exact) mass is 386 g/mol. The van der Waals surface area contributed by atoms with Gasteiger partial charge in [-0.2, -0.15) is 0 Å². The topological polar surface area (TPSA) is 76.8 Å². The Morgan fingerprint density at radius 3 is 2.31 bits per heavy atom. The molecule has 0 fully saturated rings. The van der Waals surface area contributed by atoms with Crippen LogP contribution in [0.25, 0.3) is 22.0 Å². The van der Waals surface area contributed by atoms with Crippen molar-refractivity contribution in [1.82, 2.24) is 15.0 Å². The van der Waals surface area contributed by atoms with Crippen molar-refractivity contribution in [2.24, 2.45) is 5.92 Å². The second kappa shape index (κ2) is 7.24. The van der Waals surface area contributed by atoms with Gasteiger partial charge in [-0.05, 0) is 34.7 Å². The average Bonchev–Trinajstić information content (AvgIpc) is 3.18. The Kier molecular flexibility index (Phi) is 4.74. The number of rotatable bonds is 5. The van der Waals surface area contributed by atoms with Gasteiger partial charge in [0.2, 0.25) is 5.95 Å². The smallest absolute Gasteiger partial charge is 0.219 e. The normalized spacial score (nSPS) is 13.6. The lowest BCUT2D eigenvalue weighted by molar-refractivity contribution is 0.401. The van der Waals surface area contributed by atoms with E-state index in [1.165, 1.54) is 11.1 Å². The Labute approximate surface area is 171 Å². The molecular weight excluding hydrogens is 360 g/mol. The van der Waals surface area contributed by atoms with Crippen LogP contribution in [0.2, 0.25) is 0 Å². The number of ether oxygens (including phenoxy) is 1. The minimum absolute atomic E-state index is 0.191. The van der Waals surface area contributed by atoms with Crippen LogP contribution >= 0.6 is 0 Å². The predicted octanol–water partition coefficient (Wildman–Crippen LogP) is 5.18. The van der Waals surface area contributed by atoms with E-state index in [-0.39, 0.29) is 11.4 Å². The van der Waals surface area contributed by atoms with Crippen molar-refractivity contribution in [3.8, 4) is 16.9 Å². The maximum Gasteiger partial charge on any atom is 0.219 e. The van der Waals surface area contributed by atoms with Crippen molar-refractivity contribution >= 4 is 16.9 Å². The lowest BCUT2D eigenvalue weighted by Crippen LogP contribution is -2.30. The van der Waals surface area contributed by atoms with Gasteiger partial charge in [0.1, 0.15) is 5.75 Å². The van der Waals surface area contributed by atoms with Crippen LogP contribution in [0.5, 0.6) is 5.75 Å². The Morgan fingerprint density at radius 1 is 1.00 bits per heavy atom. The number of aromatic nitrogens is 3. The average molecular weight is 386 g/mol. The summed E-state index contributed by atoms with van der Waals surface area (Å²) in [6, 6.07) is 14.8. The number of nitrogens with two attached hydrogens (primary N) is 1. The molecule has 4 aromatic rings. The van der Waals surface area contributed by atoms with Crippen molar-refractivity contribution in [1.29, 1.82) is 0 Å². The minimum atomic E-state index is -0.191. The number of nitrogen functional groups attached to an aromatic ring is 1. The maximum atomic E-state index is 5.68. The lowest BCUT2D eigenvalue weighted by atomic mass is 9.68. The van der Waals surface area contributed by atoms with Crippen molar-refractivity contribution in [3.63, 3.8) is 0 Å². The molecule has 2 aromatic carbocycles. The van der Waals surface area contributed by atoms with Gasteiger partial charge < -0.3 is 15.5 Å². The Hall–Kier alpha value is -3.34. The molecule has 0 aliphatic rings. The standard InChI is InChI=1S/C24H26N4O/c1-15(2)24(3,19-14-26-20-6-5-7-21(29-4)22(19)20)18-10-8-16(9-11-18)17-12-27-23(25)28-13-17/h5-15,26H,1-4H3,(H2,25,27,28). The third kappa shape index (κ3) is 3.12. The molecule has 0 amide bonds. The van der Waals surface area contributed by atoms with Crippen molar-refractivity contribution < 1.29 is 4.74 Å². The summed E-state index contributed by atoms with van der Waals surface area (Å²) in [7, 11) is 1.72. The first kappa shape index (κ1) is 19.0. The molecule has 0 aliphatic carbocycles. The summed E-state index contributed by atoms with van der Waals surface area (Å²) < 4.78 is 5.68. The fourth-order valence-electron chi connectivity index (χ4n) is 4.03. The van der Waals surface area contributed by atoms with Crippen molar-refractivity contribution in [2.75, 3.05) is 12.8 Å². The summed E-state index contributed by atoms with van der Waals surface area (Å²) >= 11 is 0. The van der Waals surface area contributed by atoms with Gasteiger partial charge in [-0.1, -0.05) is 51.1 Å². The summed E-state index contributed by atoms with van der Waals surface area (Å²) in [5, 5.41) is 1.14. The second-order valence-electron chi connectivity index (χ2n) is 7.85. The number of hydrogen-bond acceptors (Lipinski definition) is 4. The summed E-state index contributed by atoms with van der Waals surface area (Å²) in [5.74, 6) is 1.55. The van der Waals surface area contributed by atoms with Crippen LogP contribution in [0.15, 0.2) is 61.1 Å². The molecule has 5 heteroatoms. The third-order valence-corrected chi connectivity index (χ3v) is 6.09. The zero-order valence-electron chi connectivity index (χ0n) is 17.2. The quantitative estimate of drug-likeness (QED) is 0.496. The van der Waals surface area contributed by atoms with Gasteiger partial charge >= 0.3 is 0 Å². The third-order valence-electron chi connectivity index (χ3n) is 6.09. The van der Waals surface area contributed by atoms with Gasteiger partial charge in [0, 0.05) is 40.5 Å². The molecule has 0 saturated heterocycles. The first-order valence-corrected chi connectivity index (χ1v) is 9.78. The fourth-order valence-corrected chi connectivity index (χ4v) is 4.03. The van der Waals surface area contributed by atoms with Gasteiger partial charge in [-0.25, -0.2) is 9.97 Å². The highest BCUT2D eigenvalue weighted by molar-refractivity contribution is 5.91. The van der Waals surface area contributed by atoms with Crippen LogP contribution in [0.1, 0.15) is 31.9 Å². The van der Waals surface area contributed by atoms with E-state index < -0.39 is 0 Å². The molecule has 5 nitrogen and oxygen atoms in total. The number of nitrogens with one attached hydrogen (secondary N) is 1. The number of H-pyrrole nitrogens is 1. The molecule has 29 heavy (non-hydrogen) atoms. The van der Waals surface area contributed by atoms with Crippen LogP contribution in [0.3, 0.4) is 0 Å². The SMILES string of the molecule is COc1cccc2[nH]cc(C(C)(c3ccc(-c4cnc(N)nc4)cc3)C(C)C)c12. The highest BCUT2D eigenvalue weighted by Crippen LogP contribution is 2.44. The fraction of sp³-hybridized carbons (Fsp3) is 0.250. The number of aromatic amines is 1. The summed E-state index contributed by atoms with van der Waals surface area (Å²) in [6.45, 7) is 6.82. The summed E-state index contributed by atoms with van der Waals surface area (Å²) in [4.78, 5) is 11.6. The van der Waals surface area contributed by atoms with E-state index in [9.17, 15) is 0 Å². The molecule has 0 spiro atoms. The first-order valence-electron chi connectivity index (χ1n) is 9.78. The number of fused-ring (bicyclic) bond motifs is 1. The second-order valence-corrected chi connectivity index (χ2v) is 7.85. The Balaban J connectivity index is 1.83. The van der Waals surface area contributed by atoms with Crippen LogP contribution in [-0.2, 0) is 5.41 Å². The molecular formula is C24H26N4O. The van der Waals surface area contributed by atoms with Crippen LogP contribution < -0.4 is 10.5 Å². The molecule has 0 bridgehead atoms. The van der Waals surface area contributed by atoms with Crippen LogP contribution in [0, 0.1) is 5.92 Å². The number of benzene rings is 2. The maximum absolute atomic E-state index is 5.68. The Bertz CT molecular complexity index is 1130. The molecule has 1 unspecified atom stereocenters. The van der Waals surface area contributed by atoms with Gasteiger partial charge in [0.05, 0.1) is 7.11 Å². The van der Waals surface area contributed by atoms with Gasteiger partial charge in [0.15, 0.2) is 0 Å². The lowest BCUT2D eigenvalue weighted by Gasteiger charge is -2.35. The molecule has 1 atom stereocenters.